The Morgan fingerprint density at radius 1 is 1.16 bits per heavy atom. The number of rotatable bonds is 9. The van der Waals surface area contributed by atoms with E-state index in [9.17, 15) is 4.79 Å². The summed E-state index contributed by atoms with van der Waals surface area (Å²) in [6.07, 6.45) is 4.21. The predicted octanol–water partition coefficient (Wildman–Crippen LogP) is 3.70. The fourth-order valence-corrected chi connectivity index (χ4v) is 2.19. The first-order chi connectivity index (χ1) is 9.13. The van der Waals surface area contributed by atoms with Crippen LogP contribution in [0.1, 0.15) is 45.6 Å². The lowest BCUT2D eigenvalue weighted by Crippen LogP contribution is -2.37. The van der Waals surface area contributed by atoms with Crippen molar-refractivity contribution in [2.24, 2.45) is 0 Å². The molecule has 0 atom stereocenters. The molecule has 0 aromatic heterocycles. The van der Waals surface area contributed by atoms with Crippen LogP contribution < -0.4 is 0 Å². The summed E-state index contributed by atoms with van der Waals surface area (Å²) in [6.45, 7) is 8.16. The maximum absolute atomic E-state index is 12.1. The molecule has 0 saturated heterocycles. The van der Waals surface area contributed by atoms with Gasteiger partial charge in [-0.1, -0.05) is 50.1 Å². The summed E-state index contributed by atoms with van der Waals surface area (Å²) < 4.78 is 0. The van der Waals surface area contributed by atoms with Gasteiger partial charge < -0.3 is 0 Å². The Bertz CT molecular complexity index is 359. The van der Waals surface area contributed by atoms with Crippen molar-refractivity contribution in [3.05, 3.63) is 35.9 Å². The van der Waals surface area contributed by atoms with E-state index in [-0.39, 0.29) is 0 Å². The van der Waals surface area contributed by atoms with Gasteiger partial charge in [0.05, 0.1) is 6.54 Å². The van der Waals surface area contributed by atoms with Crippen molar-refractivity contribution in [1.29, 1.82) is 0 Å². The van der Waals surface area contributed by atoms with Crippen molar-refractivity contribution < 1.29 is 4.79 Å². The molecule has 19 heavy (non-hydrogen) atoms. The average molecular weight is 261 g/mol. The fourth-order valence-electron chi connectivity index (χ4n) is 2.19. The molecule has 0 amide bonds. The summed E-state index contributed by atoms with van der Waals surface area (Å²) >= 11 is 0. The molecule has 1 rings (SSSR count). The summed E-state index contributed by atoms with van der Waals surface area (Å²) in [7, 11) is 0. The Morgan fingerprint density at radius 3 is 2.42 bits per heavy atom. The number of carbonyl (C=O) groups is 1. The summed E-state index contributed by atoms with van der Waals surface area (Å²) in [5.74, 6) is 0.316. The van der Waals surface area contributed by atoms with E-state index in [0.717, 1.165) is 12.1 Å². The van der Waals surface area contributed by atoms with Crippen molar-refractivity contribution in [1.82, 2.24) is 4.90 Å². The van der Waals surface area contributed by atoms with Crippen LogP contribution in [0, 0.1) is 0 Å². The highest BCUT2D eigenvalue weighted by Crippen LogP contribution is 2.06. The molecular formula is C17H27NO. The highest BCUT2D eigenvalue weighted by atomic mass is 16.1. The third kappa shape index (κ3) is 6.53. The van der Waals surface area contributed by atoms with Crippen LogP contribution in [-0.4, -0.2) is 29.8 Å². The molecule has 0 unspecified atom stereocenters. The zero-order chi connectivity index (χ0) is 14.1. The number of Topliss-reactive ketones (excluding diaryl/α,β-unsaturated/α-hetero) is 1. The second-order valence-corrected chi connectivity index (χ2v) is 5.47. The Kier molecular flexibility index (Phi) is 7.42. The predicted molar refractivity (Wildman–Crippen MR) is 81.4 cm³/mol. The van der Waals surface area contributed by atoms with Gasteiger partial charge in [-0.15, -0.1) is 0 Å². The first-order valence-corrected chi connectivity index (χ1v) is 7.43. The first kappa shape index (κ1) is 15.9. The van der Waals surface area contributed by atoms with Crippen LogP contribution >= 0.6 is 0 Å². The minimum Gasteiger partial charge on any atom is -0.298 e. The molecule has 0 radical (unpaired) electrons. The standard InChI is InChI=1S/C17H27NO/c1-4-5-9-12-18(15(2)3)14-17(19)13-16-10-7-6-8-11-16/h6-8,10-11,15H,4-5,9,12-14H2,1-3H3. The van der Waals surface area contributed by atoms with Gasteiger partial charge in [-0.2, -0.15) is 0 Å². The van der Waals surface area contributed by atoms with Crippen molar-refractivity contribution in [3.8, 4) is 0 Å². The summed E-state index contributed by atoms with van der Waals surface area (Å²) in [5.41, 5.74) is 1.12. The molecule has 0 bridgehead atoms. The number of hydrogen-bond acceptors (Lipinski definition) is 2. The molecule has 0 aliphatic rings. The summed E-state index contributed by atoms with van der Waals surface area (Å²) in [4.78, 5) is 14.4. The van der Waals surface area contributed by atoms with E-state index in [2.05, 4.69) is 25.7 Å². The lowest BCUT2D eigenvalue weighted by molar-refractivity contribution is -0.120. The van der Waals surface area contributed by atoms with Gasteiger partial charge in [0.1, 0.15) is 0 Å². The first-order valence-electron chi connectivity index (χ1n) is 7.43. The van der Waals surface area contributed by atoms with Crippen molar-refractivity contribution >= 4 is 5.78 Å². The Labute approximate surface area is 117 Å². The third-order valence-electron chi connectivity index (χ3n) is 3.40. The Balaban J connectivity index is 2.42. The monoisotopic (exact) mass is 261 g/mol. The molecule has 0 N–H and O–H groups in total. The number of ketones is 1. The van der Waals surface area contributed by atoms with Gasteiger partial charge in [-0.05, 0) is 32.4 Å². The van der Waals surface area contributed by atoms with Gasteiger partial charge in [0.15, 0.2) is 5.78 Å². The van der Waals surface area contributed by atoms with E-state index in [1.165, 1.54) is 19.3 Å². The molecule has 0 saturated carbocycles. The lowest BCUT2D eigenvalue weighted by atomic mass is 10.1. The number of unbranched alkanes of at least 4 members (excludes halogenated alkanes) is 2. The van der Waals surface area contributed by atoms with Gasteiger partial charge in [0.25, 0.3) is 0 Å². The van der Waals surface area contributed by atoms with E-state index >= 15 is 0 Å². The normalized spacial score (nSPS) is 11.2. The largest absolute Gasteiger partial charge is 0.298 e. The molecule has 0 spiro atoms. The molecule has 0 aliphatic carbocycles. The second kappa shape index (κ2) is 8.87. The van der Waals surface area contributed by atoms with Crippen LogP contribution in [0.2, 0.25) is 0 Å². The van der Waals surface area contributed by atoms with Crippen LogP contribution in [0.15, 0.2) is 30.3 Å². The average Bonchev–Trinajstić information content (AvgIpc) is 2.38. The summed E-state index contributed by atoms with van der Waals surface area (Å²) in [5, 5.41) is 0. The maximum atomic E-state index is 12.1. The van der Waals surface area contributed by atoms with E-state index < -0.39 is 0 Å². The van der Waals surface area contributed by atoms with Crippen molar-refractivity contribution in [2.45, 2.75) is 52.5 Å². The fraction of sp³-hybridized carbons (Fsp3) is 0.588. The number of hydrogen-bond donors (Lipinski definition) is 0. The van der Waals surface area contributed by atoms with Crippen LogP contribution in [0.25, 0.3) is 0 Å². The summed E-state index contributed by atoms with van der Waals surface area (Å²) in [6, 6.07) is 10.5. The topological polar surface area (TPSA) is 20.3 Å². The highest BCUT2D eigenvalue weighted by molar-refractivity contribution is 5.82. The number of nitrogens with zero attached hydrogens (tertiary/aromatic N) is 1. The zero-order valence-corrected chi connectivity index (χ0v) is 12.6. The lowest BCUT2D eigenvalue weighted by Gasteiger charge is -2.25. The molecule has 106 valence electrons. The minimum atomic E-state index is 0.316. The van der Waals surface area contributed by atoms with Gasteiger partial charge in [-0.25, -0.2) is 0 Å². The molecule has 1 aromatic rings. The molecule has 2 heteroatoms. The van der Waals surface area contributed by atoms with Crippen molar-refractivity contribution in [3.63, 3.8) is 0 Å². The number of benzene rings is 1. The van der Waals surface area contributed by atoms with Gasteiger partial charge in [0.2, 0.25) is 0 Å². The van der Waals surface area contributed by atoms with Gasteiger partial charge in [-0.3, -0.25) is 9.69 Å². The number of carbonyl (C=O) groups excluding carboxylic acids is 1. The van der Waals surface area contributed by atoms with Crippen LogP contribution in [0.3, 0.4) is 0 Å². The van der Waals surface area contributed by atoms with Gasteiger partial charge in [0, 0.05) is 12.5 Å². The van der Waals surface area contributed by atoms with E-state index in [1.54, 1.807) is 0 Å². The SMILES string of the molecule is CCCCCN(CC(=O)Cc1ccccc1)C(C)C. The molecule has 0 heterocycles. The van der Waals surface area contributed by atoms with Crippen LogP contribution in [0.4, 0.5) is 0 Å². The molecule has 2 nitrogen and oxygen atoms in total. The van der Waals surface area contributed by atoms with E-state index in [4.69, 9.17) is 0 Å². The second-order valence-electron chi connectivity index (χ2n) is 5.47. The Morgan fingerprint density at radius 2 is 1.84 bits per heavy atom. The third-order valence-corrected chi connectivity index (χ3v) is 3.40. The van der Waals surface area contributed by atoms with Gasteiger partial charge >= 0.3 is 0 Å². The molecule has 1 aromatic carbocycles. The molecule has 0 aliphatic heterocycles. The van der Waals surface area contributed by atoms with Crippen molar-refractivity contribution in [2.75, 3.05) is 13.1 Å². The maximum Gasteiger partial charge on any atom is 0.151 e. The van der Waals surface area contributed by atoms with Crippen LogP contribution in [0.5, 0.6) is 0 Å². The quantitative estimate of drug-likeness (QED) is 0.632. The smallest absolute Gasteiger partial charge is 0.151 e. The van der Waals surface area contributed by atoms with E-state index in [1.807, 2.05) is 30.3 Å². The highest BCUT2D eigenvalue weighted by Gasteiger charge is 2.13. The Hall–Kier alpha value is -1.15. The molecular weight excluding hydrogens is 234 g/mol. The van der Waals surface area contributed by atoms with Crippen LogP contribution in [-0.2, 0) is 11.2 Å². The van der Waals surface area contributed by atoms with E-state index in [0.29, 0.717) is 24.8 Å². The minimum absolute atomic E-state index is 0.316. The zero-order valence-electron chi connectivity index (χ0n) is 12.6. The molecule has 0 fully saturated rings.